The maximum absolute atomic E-state index is 12.6. The fourth-order valence-corrected chi connectivity index (χ4v) is 3.91. The molecule has 9 heteroatoms. The number of hydrogen-bond donors (Lipinski definition) is 2. The second-order valence-corrected chi connectivity index (χ2v) is 7.40. The van der Waals surface area contributed by atoms with Gasteiger partial charge < -0.3 is 0 Å². The van der Waals surface area contributed by atoms with Gasteiger partial charge in [0.2, 0.25) is 5.82 Å². The molecule has 0 bridgehead atoms. The van der Waals surface area contributed by atoms with Crippen LogP contribution >= 0.6 is 15.9 Å². The highest BCUT2D eigenvalue weighted by atomic mass is 79.9. The SMILES string of the molecule is Cc1ccc(Br)cc1S(=O)(=O)Nc1cccc(-c2nn[nH]n2)c1. The Balaban J connectivity index is 1.95. The van der Waals surface area contributed by atoms with Crippen molar-refractivity contribution in [3.63, 3.8) is 0 Å². The molecule has 7 nitrogen and oxygen atoms in total. The predicted octanol–water partition coefficient (Wildman–Crippen LogP) is 2.74. The van der Waals surface area contributed by atoms with Crippen molar-refractivity contribution in [2.24, 2.45) is 0 Å². The van der Waals surface area contributed by atoms with Crippen LogP contribution < -0.4 is 4.72 Å². The number of rotatable bonds is 4. The van der Waals surface area contributed by atoms with Crippen LogP contribution in [0.3, 0.4) is 0 Å². The molecule has 0 atom stereocenters. The van der Waals surface area contributed by atoms with Crippen molar-refractivity contribution in [3.05, 3.63) is 52.5 Å². The van der Waals surface area contributed by atoms with Gasteiger partial charge >= 0.3 is 0 Å². The number of tetrazole rings is 1. The molecule has 0 radical (unpaired) electrons. The highest BCUT2D eigenvalue weighted by Gasteiger charge is 2.17. The van der Waals surface area contributed by atoms with Gasteiger partial charge in [-0.3, -0.25) is 4.72 Å². The Hall–Kier alpha value is -2.26. The van der Waals surface area contributed by atoms with Gasteiger partial charge in [0, 0.05) is 15.7 Å². The smallest absolute Gasteiger partial charge is 0.262 e. The van der Waals surface area contributed by atoms with Crippen LogP contribution in [0.2, 0.25) is 0 Å². The number of hydrogen-bond acceptors (Lipinski definition) is 5. The van der Waals surface area contributed by atoms with E-state index in [0.717, 1.165) is 0 Å². The highest BCUT2D eigenvalue weighted by molar-refractivity contribution is 9.10. The molecule has 0 fully saturated rings. The molecule has 0 saturated heterocycles. The molecule has 1 aromatic heterocycles. The Morgan fingerprint density at radius 3 is 2.74 bits per heavy atom. The lowest BCUT2D eigenvalue weighted by atomic mass is 10.2. The summed E-state index contributed by atoms with van der Waals surface area (Å²) < 4.78 is 28.4. The zero-order valence-electron chi connectivity index (χ0n) is 12.0. The molecule has 0 aliphatic carbocycles. The van der Waals surface area contributed by atoms with E-state index in [4.69, 9.17) is 0 Å². The Labute approximate surface area is 141 Å². The van der Waals surface area contributed by atoms with E-state index in [9.17, 15) is 8.42 Å². The third kappa shape index (κ3) is 3.40. The number of anilines is 1. The third-order valence-electron chi connectivity index (χ3n) is 3.16. The summed E-state index contributed by atoms with van der Waals surface area (Å²) in [6.45, 7) is 1.75. The largest absolute Gasteiger partial charge is 0.280 e. The molecular weight excluding hydrogens is 382 g/mol. The lowest BCUT2D eigenvalue weighted by molar-refractivity contribution is 0.600. The number of aromatic amines is 1. The van der Waals surface area contributed by atoms with Crippen LogP contribution in [0.5, 0.6) is 0 Å². The molecule has 0 saturated carbocycles. The van der Waals surface area contributed by atoms with E-state index in [1.165, 1.54) is 0 Å². The van der Waals surface area contributed by atoms with Crippen molar-refractivity contribution in [1.82, 2.24) is 20.6 Å². The summed E-state index contributed by atoms with van der Waals surface area (Å²) in [5.41, 5.74) is 1.74. The Kier molecular flexibility index (Phi) is 4.14. The molecule has 3 aromatic rings. The average Bonchev–Trinajstić information content (AvgIpc) is 3.04. The topological polar surface area (TPSA) is 101 Å². The number of benzene rings is 2. The summed E-state index contributed by atoms with van der Waals surface area (Å²) in [5, 5.41) is 13.6. The van der Waals surface area contributed by atoms with Crippen molar-refractivity contribution in [3.8, 4) is 11.4 Å². The normalized spacial score (nSPS) is 11.4. The van der Waals surface area contributed by atoms with Gasteiger partial charge in [-0.2, -0.15) is 5.21 Å². The molecule has 2 aromatic carbocycles. The first-order valence-electron chi connectivity index (χ1n) is 6.58. The average molecular weight is 394 g/mol. The zero-order chi connectivity index (χ0) is 16.4. The van der Waals surface area contributed by atoms with E-state index < -0.39 is 10.0 Å². The number of halogens is 1. The van der Waals surface area contributed by atoms with Crippen molar-refractivity contribution < 1.29 is 8.42 Å². The molecule has 23 heavy (non-hydrogen) atoms. The van der Waals surface area contributed by atoms with Gasteiger partial charge in [-0.05, 0) is 42.0 Å². The van der Waals surface area contributed by atoms with Gasteiger partial charge in [-0.15, -0.1) is 10.2 Å². The monoisotopic (exact) mass is 393 g/mol. The molecule has 118 valence electrons. The van der Waals surface area contributed by atoms with Gasteiger partial charge in [0.25, 0.3) is 10.0 Å². The third-order valence-corrected chi connectivity index (χ3v) is 5.17. The van der Waals surface area contributed by atoms with E-state index >= 15 is 0 Å². The molecule has 0 unspecified atom stereocenters. The van der Waals surface area contributed by atoms with E-state index in [1.54, 1.807) is 49.4 Å². The van der Waals surface area contributed by atoms with Crippen molar-refractivity contribution in [1.29, 1.82) is 0 Å². The second kappa shape index (κ2) is 6.09. The Morgan fingerprint density at radius 1 is 1.17 bits per heavy atom. The molecule has 1 heterocycles. The number of nitrogens with zero attached hydrogens (tertiary/aromatic N) is 3. The standard InChI is InChI=1S/C14H12BrN5O2S/c1-9-5-6-11(15)8-13(9)23(21,22)18-12-4-2-3-10(7-12)14-16-19-20-17-14/h2-8,18H,1H3,(H,16,17,19,20). The number of H-pyrrole nitrogens is 1. The summed E-state index contributed by atoms with van der Waals surface area (Å²) in [5.74, 6) is 0.393. The molecule has 0 amide bonds. The summed E-state index contributed by atoms with van der Waals surface area (Å²) >= 11 is 3.29. The maximum atomic E-state index is 12.6. The van der Waals surface area contributed by atoms with Gasteiger partial charge in [0.05, 0.1) is 4.90 Å². The molecule has 3 rings (SSSR count). The zero-order valence-corrected chi connectivity index (χ0v) is 14.4. The minimum absolute atomic E-state index is 0.219. The maximum Gasteiger partial charge on any atom is 0.262 e. The Bertz CT molecular complexity index is 942. The minimum Gasteiger partial charge on any atom is -0.280 e. The molecule has 0 spiro atoms. The van der Waals surface area contributed by atoms with Crippen molar-refractivity contribution in [2.45, 2.75) is 11.8 Å². The van der Waals surface area contributed by atoms with Crippen molar-refractivity contribution in [2.75, 3.05) is 4.72 Å². The van der Waals surface area contributed by atoms with Crippen LogP contribution in [0, 0.1) is 6.92 Å². The highest BCUT2D eigenvalue weighted by Crippen LogP contribution is 2.25. The fraction of sp³-hybridized carbons (Fsp3) is 0.0714. The summed E-state index contributed by atoms with van der Waals surface area (Å²) in [6, 6.07) is 11.9. The van der Waals surface area contributed by atoms with Crippen LogP contribution in [-0.4, -0.2) is 29.0 Å². The van der Waals surface area contributed by atoms with E-state index in [1.807, 2.05) is 0 Å². The molecule has 0 aliphatic heterocycles. The molecule has 2 N–H and O–H groups in total. The lowest BCUT2D eigenvalue weighted by Gasteiger charge is -2.11. The predicted molar refractivity (Wildman–Crippen MR) is 89.3 cm³/mol. The van der Waals surface area contributed by atoms with Crippen LogP contribution in [0.1, 0.15) is 5.56 Å². The van der Waals surface area contributed by atoms with E-state index in [-0.39, 0.29) is 4.90 Å². The second-order valence-electron chi connectivity index (χ2n) is 4.83. The van der Waals surface area contributed by atoms with Gasteiger partial charge in [0.15, 0.2) is 0 Å². The Morgan fingerprint density at radius 2 is 2.00 bits per heavy atom. The number of aromatic nitrogens is 4. The van der Waals surface area contributed by atoms with Crippen LogP contribution in [-0.2, 0) is 10.0 Å². The summed E-state index contributed by atoms with van der Waals surface area (Å²) in [4.78, 5) is 0.219. The first kappa shape index (κ1) is 15.6. The number of nitrogens with one attached hydrogen (secondary N) is 2. The van der Waals surface area contributed by atoms with Gasteiger partial charge in [-0.25, -0.2) is 8.42 Å². The van der Waals surface area contributed by atoms with Gasteiger partial charge in [0.1, 0.15) is 0 Å². The fourth-order valence-electron chi connectivity index (χ4n) is 2.08. The van der Waals surface area contributed by atoms with E-state index in [0.29, 0.717) is 27.1 Å². The minimum atomic E-state index is -3.70. The first-order valence-corrected chi connectivity index (χ1v) is 8.86. The summed E-state index contributed by atoms with van der Waals surface area (Å²) in [7, 11) is -3.70. The lowest BCUT2D eigenvalue weighted by Crippen LogP contribution is -2.14. The van der Waals surface area contributed by atoms with Crippen molar-refractivity contribution >= 4 is 31.6 Å². The first-order chi connectivity index (χ1) is 11.0. The van der Waals surface area contributed by atoms with Crippen LogP contribution in [0.15, 0.2) is 51.8 Å². The van der Waals surface area contributed by atoms with Crippen LogP contribution in [0.25, 0.3) is 11.4 Å². The quantitative estimate of drug-likeness (QED) is 0.709. The summed E-state index contributed by atoms with van der Waals surface area (Å²) in [6.07, 6.45) is 0. The van der Waals surface area contributed by atoms with E-state index in [2.05, 4.69) is 41.3 Å². The van der Waals surface area contributed by atoms with Crippen LogP contribution in [0.4, 0.5) is 5.69 Å². The number of aryl methyl sites for hydroxylation is 1. The van der Waals surface area contributed by atoms with Gasteiger partial charge in [-0.1, -0.05) is 34.1 Å². The molecular formula is C14H12BrN5O2S. The number of sulfonamides is 1. The molecule has 0 aliphatic rings.